The van der Waals surface area contributed by atoms with Gasteiger partial charge in [0.15, 0.2) is 0 Å². The molecule has 0 saturated heterocycles. The molecule has 0 bridgehead atoms. The van der Waals surface area contributed by atoms with Crippen molar-refractivity contribution < 1.29 is 18.3 Å². The predicted octanol–water partition coefficient (Wildman–Crippen LogP) is 4.84. The van der Waals surface area contributed by atoms with Crippen LogP contribution in [-0.4, -0.2) is 30.5 Å². The first-order chi connectivity index (χ1) is 13.6. The van der Waals surface area contributed by atoms with E-state index in [-0.39, 0.29) is 6.03 Å². The number of rotatable bonds is 9. The van der Waals surface area contributed by atoms with Crippen molar-refractivity contribution in [1.29, 1.82) is 0 Å². The summed E-state index contributed by atoms with van der Waals surface area (Å²) in [5.41, 5.74) is 1.91. The van der Waals surface area contributed by atoms with Crippen molar-refractivity contribution in [2.24, 2.45) is 5.92 Å². The number of amides is 2. The van der Waals surface area contributed by atoms with E-state index in [1.165, 1.54) is 19.3 Å². The molecule has 1 aliphatic carbocycles. The number of hydrogen-bond donors (Lipinski definition) is 1. The Bertz CT molecular complexity index is 751. The molecule has 4 nitrogen and oxygen atoms in total. The topological polar surface area (TPSA) is 41.6 Å². The maximum atomic E-state index is 12.8. The summed E-state index contributed by atoms with van der Waals surface area (Å²) >= 11 is 0. The summed E-state index contributed by atoms with van der Waals surface area (Å²) in [6.07, 6.45) is 1.06. The number of halogens is 2. The maximum Gasteiger partial charge on any atom is 0.317 e. The molecule has 150 valence electrons. The van der Waals surface area contributed by atoms with Crippen LogP contribution < -0.4 is 10.1 Å². The van der Waals surface area contributed by atoms with Gasteiger partial charge in [0.1, 0.15) is 12.4 Å². The van der Waals surface area contributed by atoms with Gasteiger partial charge in [-0.25, -0.2) is 13.6 Å². The highest BCUT2D eigenvalue weighted by Crippen LogP contribution is 2.27. The van der Waals surface area contributed by atoms with Crippen LogP contribution in [0.1, 0.15) is 30.4 Å². The molecular weight excluding hydrogens is 362 g/mol. The number of carbonyl (C=O) groups excluding carboxylic acids is 1. The highest BCUT2D eigenvalue weighted by molar-refractivity contribution is 5.74. The maximum absolute atomic E-state index is 12.8. The van der Waals surface area contributed by atoms with Gasteiger partial charge in [0.2, 0.25) is 0 Å². The predicted molar refractivity (Wildman–Crippen MR) is 104 cm³/mol. The van der Waals surface area contributed by atoms with Crippen LogP contribution in [0.15, 0.2) is 54.6 Å². The van der Waals surface area contributed by atoms with Crippen LogP contribution in [0, 0.1) is 5.92 Å². The Kier molecular flexibility index (Phi) is 7.23. The standard InChI is InChI=1S/C22H26F2N2O2/c23-21(24)16-28-20-11-5-10-19(12-20)13-25-22(27)26(15-18-8-4-9-18)14-17-6-2-1-3-7-17/h1-3,5-7,10-12,18,21H,4,8-9,13-16H2,(H,25,27). The molecule has 0 spiro atoms. The first-order valence-electron chi connectivity index (χ1n) is 9.67. The van der Waals surface area contributed by atoms with E-state index in [2.05, 4.69) is 5.32 Å². The lowest BCUT2D eigenvalue weighted by atomic mass is 9.85. The van der Waals surface area contributed by atoms with Crippen LogP contribution in [-0.2, 0) is 13.1 Å². The van der Waals surface area contributed by atoms with Crippen molar-refractivity contribution in [2.75, 3.05) is 13.2 Å². The molecule has 0 aliphatic heterocycles. The van der Waals surface area contributed by atoms with Gasteiger partial charge in [0.05, 0.1) is 0 Å². The molecule has 3 rings (SSSR count). The fourth-order valence-corrected chi connectivity index (χ4v) is 3.20. The Hall–Kier alpha value is -2.63. The molecule has 2 aromatic carbocycles. The molecule has 2 amide bonds. The average molecular weight is 388 g/mol. The van der Waals surface area contributed by atoms with E-state index in [1.54, 1.807) is 18.2 Å². The molecule has 6 heteroatoms. The molecule has 1 saturated carbocycles. The number of hydrogen-bond acceptors (Lipinski definition) is 2. The molecule has 0 heterocycles. The first kappa shape index (κ1) is 20.1. The lowest BCUT2D eigenvalue weighted by Crippen LogP contribution is -2.42. The van der Waals surface area contributed by atoms with Crippen molar-refractivity contribution in [3.8, 4) is 5.75 Å². The monoisotopic (exact) mass is 388 g/mol. The van der Waals surface area contributed by atoms with Crippen LogP contribution in [0.25, 0.3) is 0 Å². The molecular formula is C22H26F2N2O2. The van der Waals surface area contributed by atoms with E-state index >= 15 is 0 Å². The Morgan fingerprint density at radius 2 is 1.86 bits per heavy atom. The number of urea groups is 1. The van der Waals surface area contributed by atoms with Gasteiger partial charge in [0, 0.05) is 19.6 Å². The van der Waals surface area contributed by atoms with E-state index in [4.69, 9.17) is 4.74 Å². The van der Waals surface area contributed by atoms with Crippen molar-refractivity contribution in [3.63, 3.8) is 0 Å². The van der Waals surface area contributed by atoms with Crippen LogP contribution in [0.3, 0.4) is 0 Å². The molecule has 1 aliphatic rings. The van der Waals surface area contributed by atoms with Crippen molar-refractivity contribution in [1.82, 2.24) is 10.2 Å². The third kappa shape index (κ3) is 6.22. The van der Waals surface area contributed by atoms with Gasteiger partial charge in [-0.2, -0.15) is 0 Å². The van der Waals surface area contributed by atoms with Gasteiger partial charge in [-0.1, -0.05) is 48.9 Å². The van der Waals surface area contributed by atoms with Gasteiger partial charge in [0.25, 0.3) is 6.43 Å². The summed E-state index contributed by atoms with van der Waals surface area (Å²) in [5.74, 6) is 0.947. The Morgan fingerprint density at radius 1 is 1.11 bits per heavy atom. The van der Waals surface area contributed by atoms with Crippen LogP contribution in [0.2, 0.25) is 0 Å². The van der Waals surface area contributed by atoms with Crippen molar-refractivity contribution in [2.45, 2.75) is 38.8 Å². The Labute approximate surface area is 164 Å². The van der Waals surface area contributed by atoms with Gasteiger partial charge >= 0.3 is 6.03 Å². The van der Waals surface area contributed by atoms with E-state index < -0.39 is 13.0 Å². The van der Waals surface area contributed by atoms with E-state index in [9.17, 15) is 13.6 Å². The SMILES string of the molecule is O=C(NCc1cccc(OCC(F)F)c1)N(Cc1ccccc1)CC1CCC1. The number of ether oxygens (including phenoxy) is 1. The van der Waals surface area contributed by atoms with E-state index in [0.29, 0.717) is 24.8 Å². The molecule has 0 aromatic heterocycles. The molecule has 0 unspecified atom stereocenters. The van der Waals surface area contributed by atoms with Crippen molar-refractivity contribution >= 4 is 6.03 Å². The van der Waals surface area contributed by atoms with Crippen LogP contribution in [0.5, 0.6) is 5.75 Å². The van der Waals surface area contributed by atoms with Gasteiger partial charge in [-0.15, -0.1) is 0 Å². The normalized spacial score (nSPS) is 13.8. The zero-order chi connectivity index (χ0) is 19.8. The quantitative estimate of drug-likeness (QED) is 0.668. The number of carbonyl (C=O) groups is 1. The zero-order valence-electron chi connectivity index (χ0n) is 15.8. The number of alkyl halides is 2. The first-order valence-corrected chi connectivity index (χ1v) is 9.67. The minimum Gasteiger partial charge on any atom is -0.488 e. The zero-order valence-corrected chi connectivity index (χ0v) is 15.8. The molecule has 1 N–H and O–H groups in total. The molecule has 0 atom stereocenters. The summed E-state index contributed by atoms with van der Waals surface area (Å²) in [5, 5.41) is 2.95. The Morgan fingerprint density at radius 3 is 2.54 bits per heavy atom. The minimum atomic E-state index is -2.51. The van der Waals surface area contributed by atoms with Crippen LogP contribution >= 0.6 is 0 Å². The van der Waals surface area contributed by atoms with E-state index in [1.807, 2.05) is 41.3 Å². The highest BCUT2D eigenvalue weighted by Gasteiger charge is 2.23. The second kappa shape index (κ2) is 10.1. The smallest absolute Gasteiger partial charge is 0.317 e. The molecule has 1 fully saturated rings. The molecule has 0 radical (unpaired) electrons. The average Bonchev–Trinajstić information content (AvgIpc) is 2.67. The fraction of sp³-hybridized carbons (Fsp3) is 0.409. The van der Waals surface area contributed by atoms with E-state index in [0.717, 1.165) is 17.7 Å². The molecule has 2 aromatic rings. The summed E-state index contributed by atoms with van der Waals surface area (Å²) in [6.45, 7) is 1.00. The lowest BCUT2D eigenvalue weighted by molar-refractivity contribution is 0.0818. The summed E-state index contributed by atoms with van der Waals surface area (Å²) in [4.78, 5) is 14.6. The third-order valence-electron chi connectivity index (χ3n) is 4.92. The largest absolute Gasteiger partial charge is 0.488 e. The summed E-state index contributed by atoms with van der Waals surface area (Å²) < 4.78 is 29.6. The van der Waals surface area contributed by atoms with Crippen molar-refractivity contribution in [3.05, 3.63) is 65.7 Å². The lowest BCUT2D eigenvalue weighted by Gasteiger charge is -2.32. The van der Waals surface area contributed by atoms with Gasteiger partial charge in [-0.3, -0.25) is 0 Å². The van der Waals surface area contributed by atoms with Gasteiger partial charge < -0.3 is 15.0 Å². The van der Waals surface area contributed by atoms with Gasteiger partial charge in [-0.05, 0) is 42.0 Å². The highest BCUT2D eigenvalue weighted by atomic mass is 19.3. The third-order valence-corrected chi connectivity index (χ3v) is 4.92. The molecule has 28 heavy (non-hydrogen) atoms. The second-order valence-corrected chi connectivity index (χ2v) is 7.17. The second-order valence-electron chi connectivity index (χ2n) is 7.17. The number of benzene rings is 2. The number of nitrogens with one attached hydrogen (secondary N) is 1. The minimum absolute atomic E-state index is 0.116. The summed E-state index contributed by atoms with van der Waals surface area (Å²) in [7, 11) is 0. The summed E-state index contributed by atoms with van der Waals surface area (Å²) in [6, 6.07) is 16.7. The Balaban J connectivity index is 1.57. The number of nitrogens with zero attached hydrogens (tertiary/aromatic N) is 1. The fourth-order valence-electron chi connectivity index (χ4n) is 3.20. The van der Waals surface area contributed by atoms with Crippen LogP contribution in [0.4, 0.5) is 13.6 Å².